The van der Waals surface area contributed by atoms with Gasteiger partial charge in [-0.3, -0.25) is 9.69 Å². The number of aryl methyl sites for hydroxylation is 1. The Morgan fingerprint density at radius 3 is 2.85 bits per heavy atom. The monoisotopic (exact) mass is 308 g/mol. The fraction of sp³-hybridized carbons (Fsp3) is 0.333. The van der Waals surface area contributed by atoms with E-state index in [2.05, 4.69) is 4.98 Å². The van der Waals surface area contributed by atoms with Gasteiger partial charge in [0.05, 0.1) is 17.2 Å². The van der Waals surface area contributed by atoms with Crippen molar-refractivity contribution in [3.8, 4) is 0 Å². The standard InChI is InChI=1S/C15H17ClN2OS/c1-10-14(20-9-17-10)8-18(3)11(2)15(19)12-5-4-6-13(16)7-12/h4-7,9,11H,8H2,1-3H3. The fourth-order valence-corrected chi connectivity index (χ4v) is 2.95. The Hall–Kier alpha value is -1.23. The van der Waals surface area contributed by atoms with Gasteiger partial charge in [-0.1, -0.05) is 23.7 Å². The molecular formula is C15H17ClN2OS. The maximum absolute atomic E-state index is 12.4. The lowest BCUT2D eigenvalue weighted by Crippen LogP contribution is -2.35. The number of benzene rings is 1. The van der Waals surface area contributed by atoms with Crippen LogP contribution in [-0.2, 0) is 6.54 Å². The molecule has 1 aromatic carbocycles. The first-order valence-electron chi connectivity index (χ1n) is 6.38. The van der Waals surface area contributed by atoms with Crippen molar-refractivity contribution in [1.29, 1.82) is 0 Å². The first kappa shape index (κ1) is 15.2. The van der Waals surface area contributed by atoms with Crippen molar-refractivity contribution in [3.05, 3.63) is 50.9 Å². The Kier molecular flexibility index (Phi) is 4.91. The van der Waals surface area contributed by atoms with Crippen molar-refractivity contribution >= 4 is 28.7 Å². The van der Waals surface area contributed by atoms with Crippen molar-refractivity contribution in [2.75, 3.05) is 7.05 Å². The Morgan fingerprint density at radius 2 is 2.25 bits per heavy atom. The number of ketones is 1. The van der Waals surface area contributed by atoms with E-state index in [-0.39, 0.29) is 11.8 Å². The lowest BCUT2D eigenvalue weighted by atomic mass is 10.0. The van der Waals surface area contributed by atoms with Crippen molar-refractivity contribution in [2.45, 2.75) is 26.4 Å². The van der Waals surface area contributed by atoms with E-state index in [1.165, 1.54) is 4.88 Å². The average Bonchev–Trinajstić information content (AvgIpc) is 2.82. The molecule has 0 radical (unpaired) electrons. The van der Waals surface area contributed by atoms with Crippen LogP contribution in [0.1, 0.15) is 27.9 Å². The van der Waals surface area contributed by atoms with Crippen molar-refractivity contribution in [1.82, 2.24) is 9.88 Å². The number of aromatic nitrogens is 1. The van der Waals surface area contributed by atoms with Crippen LogP contribution >= 0.6 is 22.9 Å². The zero-order chi connectivity index (χ0) is 14.7. The molecule has 0 saturated carbocycles. The van der Waals surface area contributed by atoms with E-state index < -0.39 is 0 Å². The maximum atomic E-state index is 12.4. The molecule has 0 bridgehead atoms. The van der Waals surface area contributed by atoms with E-state index in [4.69, 9.17) is 11.6 Å². The summed E-state index contributed by atoms with van der Waals surface area (Å²) in [6.45, 7) is 4.63. The normalized spacial score (nSPS) is 12.7. The molecule has 2 rings (SSSR count). The predicted molar refractivity (Wildman–Crippen MR) is 83.6 cm³/mol. The molecule has 20 heavy (non-hydrogen) atoms. The second-order valence-corrected chi connectivity index (χ2v) is 6.20. The fourth-order valence-electron chi connectivity index (χ4n) is 1.92. The molecule has 0 aliphatic rings. The summed E-state index contributed by atoms with van der Waals surface area (Å²) in [5.41, 5.74) is 3.52. The maximum Gasteiger partial charge on any atom is 0.179 e. The highest BCUT2D eigenvalue weighted by atomic mass is 35.5. The molecule has 5 heteroatoms. The van der Waals surface area contributed by atoms with Gasteiger partial charge in [0.1, 0.15) is 0 Å². The summed E-state index contributed by atoms with van der Waals surface area (Å²) in [4.78, 5) is 19.9. The molecule has 0 amide bonds. The summed E-state index contributed by atoms with van der Waals surface area (Å²) in [7, 11) is 1.95. The quantitative estimate of drug-likeness (QED) is 0.788. The third-order valence-electron chi connectivity index (χ3n) is 3.39. The van der Waals surface area contributed by atoms with E-state index in [1.54, 1.807) is 35.6 Å². The Labute approximate surface area is 128 Å². The molecule has 0 fully saturated rings. The molecule has 1 atom stereocenters. The molecule has 0 aliphatic carbocycles. The van der Waals surface area contributed by atoms with Crippen molar-refractivity contribution < 1.29 is 4.79 Å². The summed E-state index contributed by atoms with van der Waals surface area (Å²) in [5.74, 6) is 0.0807. The number of carbonyl (C=O) groups is 1. The molecule has 0 spiro atoms. The third kappa shape index (κ3) is 3.45. The van der Waals surface area contributed by atoms with Crippen LogP contribution in [0.5, 0.6) is 0 Å². The lowest BCUT2D eigenvalue weighted by Gasteiger charge is -2.23. The summed E-state index contributed by atoms with van der Waals surface area (Å²) in [5, 5.41) is 0.587. The van der Waals surface area contributed by atoms with Crippen LogP contribution in [0, 0.1) is 6.92 Å². The van der Waals surface area contributed by atoms with Crippen molar-refractivity contribution in [2.24, 2.45) is 0 Å². The minimum Gasteiger partial charge on any atom is -0.292 e. The summed E-state index contributed by atoms with van der Waals surface area (Å²) >= 11 is 7.56. The predicted octanol–water partition coefficient (Wildman–Crippen LogP) is 3.81. The summed E-state index contributed by atoms with van der Waals surface area (Å²) in [6.07, 6.45) is 0. The first-order chi connectivity index (χ1) is 9.49. The van der Waals surface area contributed by atoms with E-state index in [9.17, 15) is 4.79 Å². The first-order valence-corrected chi connectivity index (χ1v) is 7.63. The number of thiazole rings is 1. The number of hydrogen-bond donors (Lipinski definition) is 0. The molecule has 0 N–H and O–H groups in total. The van der Waals surface area contributed by atoms with E-state index >= 15 is 0 Å². The van der Waals surface area contributed by atoms with Gasteiger partial charge in [0, 0.05) is 22.0 Å². The lowest BCUT2D eigenvalue weighted by molar-refractivity contribution is 0.0863. The SMILES string of the molecule is Cc1ncsc1CN(C)C(C)C(=O)c1cccc(Cl)c1. The van der Waals surface area contributed by atoms with Gasteiger partial charge < -0.3 is 0 Å². The molecule has 0 aliphatic heterocycles. The second kappa shape index (κ2) is 6.48. The van der Waals surface area contributed by atoms with Crippen molar-refractivity contribution in [3.63, 3.8) is 0 Å². The highest BCUT2D eigenvalue weighted by Crippen LogP contribution is 2.18. The van der Waals surface area contributed by atoms with Gasteiger partial charge in [0.15, 0.2) is 5.78 Å². The summed E-state index contributed by atoms with van der Waals surface area (Å²) in [6, 6.07) is 6.89. The smallest absolute Gasteiger partial charge is 0.179 e. The number of halogens is 1. The van der Waals surface area contributed by atoms with Crippen LogP contribution in [0.2, 0.25) is 5.02 Å². The zero-order valence-corrected chi connectivity index (χ0v) is 13.3. The minimum absolute atomic E-state index is 0.0807. The number of likely N-dealkylation sites (N-methyl/N-ethyl adjacent to an activating group) is 1. The number of nitrogens with zero attached hydrogens (tertiary/aromatic N) is 2. The zero-order valence-electron chi connectivity index (χ0n) is 11.8. The van der Waals surface area contributed by atoms with E-state index in [1.807, 2.05) is 31.3 Å². The van der Waals surface area contributed by atoms with Crippen LogP contribution in [0.3, 0.4) is 0 Å². The molecule has 106 valence electrons. The highest BCUT2D eigenvalue weighted by Gasteiger charge is 2.20. The van der Waals surface area contributed by atoms with Crippen LogP contribution < -0.4 is 0 Å². The average molecular weight is 309 g/mol. The third-order valence-corrected chi connectivity index (χ3v) is 4.54. The van der Waals surface area contributed by atoms with Crippen LogP contribution in [0.4, 0.5) is 0 Å². The molecule has 2 aromatic rings. The minimum atomic E-state index is -0.199. The van der Waals surface area contributed by atoms with E-state index in [0.717, 1.165) is 12.2 Å². The highest BCUT2D eigenvalue weighted by molar-refractivity contribution is 7.09. The van der Waals surface area contributed by atoms with Gasteiger partial charge in [0.2, 0.25) is 0 Å². The van der Waals surface area contributed by atoms with Gasteiger partial charge in [-0.05, 0) is 33.0 Å². The largest absolute Gasteiger partial charge is 0.292 e. The summed E-state index contributed by atoms with van der Waals surface area (Å²) < 4.78 is 0. The molecule has 1 unspecified atom stereocenters. The number of Topliss-reactive ketones (excluding diaryl/α,β-unsaturated/α-hetero) is 1. The van der Waals surface area contributed by atoms with Gasteiger partial charge in [-0.15, -0.1) is 11.3 Å². The molecule has 1 heterocycles. The Bertz CT molecular complexity index is 611. The molecule has 3 nitrogen and oxygen atoms in total. The molecule has 1 aromatic heterocycles. The Balaban J connectivity index is 2.08. The van der Waals surface area contributed by atoms with E-state index in [0.29, 0.717) is 10.6 Å². The van der Waals surface area contributed by atoms with Gasteiger partial charge >= 0.3 is 0 Å². The number of hydrogen-bond acceptors (Lipinski definition) is 4. The molecule has 0 saturated heterocycles. The Morgan fingerprint density at radius 1 is 1.50 bits per heavy atom. The van der Waals surface area contributed by atoms with Crippen LogP contribution in [0.15, 0.2) is 29.8 Å². The van der Waals surface area contributed by atoms with Crippen LogP contribution in [0.25, 0.3) is 0 Å². The second-order valence-electron chi connectivity index (χ2n) is 4.83. The van der Waals surface area contributed by atoms with Crippen LogP contribution in [-0.4, -0.2) is 28.8 Å². The number of rotatable bonds is 5. The number of carbonyl (C=O) groups excluding carboxylic acids is 1. The van der Waals surface area contributed by atoms with Gasteiger partial charge in [-0.2, -0.15) is 0 Å². The molecular weight excluding hydrogens is 292 g/mol. The van der Waals surface area contributed by atoms with Gasteiger partial charge in [-0.25, -0.2) is 4.98 Å². The topological polar surface area (TPSA) is 33.2 Å². The van der Waals surface area contributed by atoms with Gasteiger partial charge in [0.25, 0.3) is 0 Å².